The molecule has 0 aliphatic carbocycles. The maximum atomic E-state index is 11.7. The van der Waals surface area contributed by atoms with Gasteiger partial charge in [0.2, 0.25) is 5.91 Å². The second-order valence-corrected chi connectivity index (χ2v) is 3.87. The first-order valence-corrected chi connectivity index (χ1v) is 5.70. The highest BCUT2D eigenvalue weighted by Gasteiger charge is 2.04. The first-order valence-electron chi connectivity index (χ1n) is 5.70. The number of nitrogens with zero attached hydrogens (tertiary/aromatic N) is 1. The number of primary amides is 1. The van der Waals surface area contributed by atoms with Gasteiger partial charge in [0.05, 0.1) is 11.6 Å². The first kappa shape index (κ1) is 13.7. The quantitative estimate of drug-likeness (QED) is 0.730. The van der Waals surface area contributed by atoms with E-state index in [4.69, 9.17) is 11.0 Å². The van der Waals surface area contributed by atoms with Crippen LogP contribution in [-0.2, 0) is 4.79 Å². The molecule has 1 aromatic rings. The Morgan fingerprint density at radius 3 is 2.44 bits per heavy atom. The molecule has 0 unspecified atom stereocenters. The topological polar surface area (TPSA) is 96.0 Å². The fourth-order valence-electron chi connectivity index (χ4n) is 1.42. The van der Waals surface area contributed by atoms with Gasteiger partial charge in [0.25, 0.3) is 5.91 Å². The van der Waals surface area contributed by atoms with Crippen LogP contribution in [0.1, 0.15) is 35.2 Å². The highest BCUT2D eigenvalue weighted by molar-refractivity contribution is 5.94. The summed E-state index contributed by atoms with van der Waals surface area (Å²) < 4.78 is 0. The summed E-state index contributed by atoms with van der Waals surface area (Å²) in [4.78, 5) is 22.1. The lowest BCUT2D eigenvalue weighted by Gasteiger charge is -2.04. The second kappa shape index (κ2) is 7.07. The third kappa shape index (κ3) is 4.66. The summed E-state index contributed by atoms with van der Waals surface area (Å²) in [6, 6.07) is 8.40. The van der Waals surface area contributed by atoms with Crippen molar-refractivity contribution in [3.63, 3.8) is 0 Å². The van der Waals surface area contributed by atoms with Crippen LogP contribution in [0, 0.1) is 11.3 Å². The Hall–Kier alpha value is -2.35. The predicted molar refractivity (Wildman–Crippen MR) is 66.5 cm³/mol. The molecule has 2 amide bonds. The summed E-state index contributed by atoms with van der Waals surface area (Å²) in [5.74, 6) is -0.507. The molecule has 3 N–H and O–H groups in total. The van der Waals surface area contributed by atoms with Gasteiger partial charge in [0.1, 0.15) is 0 Å². The van der Waals surface area contributed by atoms with Gasteiger partial charge in [-0.2, -0.15) is 5.26 Å². The summed E-state index contributed by atoms with van der Waals surface area (Å²) in [7, 11) is 0. The zero-order valence-corrected chi connectivity index (χ0v) is 9.98. The van der Waals surface area contributed by atoms with E-state index < -0.39 is 0 Å². The summed E-state index contributed by atoms with van der Waals surface area (Å²) in [6.45, 7) is 0.506. The summed E-state index contributed by atoms with van der Waals surface area (Å²) in [5, 5.41) is 11.4. The van der Waals surface area contributed by atoms with Gasteiger partial charge in [0.15, 0.2) is 0 Å². The number of rotatable bonds is 6. The molecule has 1 aromatic carbocycles. The van der Waals surface area contributed by atoms with E-state index in [1.165, 1.54) is 0 Å². The van der Waals surface area contributed by atoms with Gasteiger partial charge in [-0.1, -0.05) is 0 Å². The summed E-state index contributed by atoms with van der Waals surface area (Å²) in [6.07, 6.45) is 1.72. The van der Waals surface area contributed by atoms with Crippen molar-refractivity contribution in [1.29, 1.82) is 5.26 Å². The Balaban J connectivity index is 2.32. The molecule has 0 spiro atoms. The Kier molecular flexibility index (Phi) is 5.39. The SMILES string of the molecule is N#Cc1ccc(C(=O)NCCCCC(N)=O)cc1. The molecule has 0 bridgehead atoms. The number of nitriles is 1. The van der Waals surface area contributed by atoms with Crippen molar-refractivity contribution in [2.75, 3.05) is 6.54 Å². The van der Waals surface area contributed by atoms with Crippen LogP contribution in [0.15, 0.2) is 24.3 Å². The summed E-state index contributed by atoms with van der Waals surface area (Å²) in [5.41, 5.74) is 6.04. The maximum Gasteiger partial charge on any atom is 0.251 e. The van der Waals surface area contributed by atoms with Crippen LogP contribution in [0.4, 0.5) is 0 Å². The minimum Gasteiger partial charge on any atom is -0.370 e. The lowest BCUT2D eigenvalue weighted by molar-refractivity contribution is -0.118. The lowest BCUT2D eigenvalue weighted by Crippen LogP contribution is -2.24. The molecular formula is C13H15N3O2. The number of carbonyl (C=O) groups excluding carboxylic acids is 2. The van der Waals surface area contributed by atoms with Gasteiger partial charge in [-0.15, -0.1) is 0 Å². The molecule has 0 saturated carbocycles. The number of nitrogens with one attached hydrogen (secondary N) is 1. The minimum atomic E-state index is -0.326. The van der Waals surface area contributed by atoms with Crippen LogP contribution in [0.3, 0.4) is 0 Å². The zero-order valence-electron chi connectivity index (χ0n) is 9.98. The van der Waals surface area contributed by atoms with Crippen LogP contribution in [0.5, 0.6) is 0 Å². The molecule has 0 aromatic heterocycles. The minimum absolute atomic E-state index is 0.182. The molecule has 18 heavy (non-hydrogen) atoms. The Bertz CT molecular complexity index is 460. The molecule has 0 radical (unpaired) electrons. The Morgan fingerprint density at radius 1 is 1.22 bits per heavy atom. The van der Waals surface area contributed by atoms with Crippen LogP contribution in [0.2, 0.25) is 0 Å². The number of hydrogen-bond donors (Lipinski definition) is 2. The van der Waals surface area contributed by atoms with Crippen LogP contribution in [0.25, 0.3) is 0 Å². The average Bonchev–Trinajstić information content (AvgIpc) is 2.38. The van der Waals surface area contributed by atoms with Gasteiger partial charge >= 0.3 is 0 Å². The Morgan fingerprint density at radius 2 is 1.89 bits per heavy atom. The van der Waals surface area contributed by atoms with E-state index in [2.05, 4.69) is 5.32 Å². The smallest absolute Gasteiger partial charge is 0.251 e. The number of nitrogens with two attached hydrogens (primary N) is 1. The lowest BCUT2D eigenvalue weighted by atomic mass is 10.1. The Labute approximate surface area is 106 Å². The molecule has 5 nitrogen and oxygen atoms in total. The number of amides is 2. The van der Waals surface area contributed by atoms with Crippen molar-refractivity contribution in [1.82, 2.24) is 5.32 Å². The van der Waals surface area contributed by atoms with Crippen molar-refractivity contribution in [3.8, 4) is 6.07 Å². The summed E-state index contributed by atoms with van der Waals surface area (Å²) >= 11 is 0. The normalized spacial score (nSPS) is 9.50. The average molecular weight is 245 g/mol. The van der Waals surface area contributed by atoms with Crippen LogP contribution >= 0.6 is 0 Å². The maximum absolute atomic E-state index is 11.7. The van der Waals surface area contributed by atoms with Crippen molar-refractivity contribution in [3.05, 3.63) is 35.4 Å². The number of unbranched alkanes of at least 4 members (excludes halogenated alkanes) is 1. The van der Waals surface area contributed by atoms with Gasteiger partial charge < -0.3 is 11.1 Å². The fraction of sp³-hybridized carbons (Fsp3) is 0.308. The first-order chi connectivity index (χ1) is 8.63. The van der Waals surface area contributed by atoms with Crippen molar-refractivity contribution >= 4 is 11.8 Å². The molecular weight excluding hydrogens is 230 g/mol. The monoisotopic (exact) mass is 245 g/mol. The molecule has 0 heterocycles. The van der Waals surface area contributed by atoms with E-state index in [-0.39, 0.29) is 11.8 Å². The second-order valence-electron chi connectivity index (χ2n) is 3.87. The van der Waals surface area contributed by atoms with Crippen LogP contribution in [-0.4, -0.2) is 18.4 Å². The van der Waals surface area contributed by atoms with E-state index in [0.29, 0.717) is 36.9 Å². The van der Waals surface area contributed by atoms with E-state index in [1.807, 2.05) is 6.07 Å². The third-order valence-electron chi connectivity index (χ3n) is 2.41. The van der Waals surface area contributed by atoms with E-state index >= 15 is 0 Å². The molecule has 5 heteroatoms. The van der Waals surface area contributed by atoms with Crippen LogP contribution < -0.4 is 11.1 Å². The highest BCUT2D eigenvalue weighted by atomic mass is 16.2. The molecule has 0 atom stereocenters. The number of hydrogen-bond acceptors (Lipinski definition) is 3. The molecule has 0 saturated heterocycles. The number of benzene rings is 1. The molecule has 1 rings (SSSR count). The fourth-order valence-corrected chi connectivity index (χ4v) is 1.42. The van der Waals surface area contributed by atoms with Gasteiger partial charge in [0, 0.05) is 18.5 Å². The van der Waals surface area contributed by atoms with Gasteiger partial charge in [-0.25, -0.2) is 0 Å². The van der Waals surface area contributed by atoms with Crippen molar-refractivity contribution in [2.45, 2.75) is 19.3 Å². The standard InChI is InChI=1S/C13H15N3O2/c14-9-10-4-6-11(7-5-10)13(18)16-8-2-1-3-12(15)17/h4-7H,1-3,8H2,(H2,15,17)(H,16,18). The zero-order chi connectivity index (χ0) is 13.4. The number of carbonyl (C=O) groups is 2. The molecule has 0 aliphatic heterocycles. The molecule has 94 valence electrons. The van der Waals surface area contributed by atoms with Crippen molar-refractivity contribution < 1.29 is 9.59 Å². The largest absolute Gasteiger partial charge is 0.370 e. The molecule has 0 fully saturated rings. The van der Waals surface area contributed by atoms with E-state index in [0.717, 1.165) is 0 Å². The third-order valence-corrected chi connectivity index (χ3v) is 2.41. The van der Waals surface area contributed by atoms with E-state index in [1.54, 1.807) is 24.3 Å². The molecule has 0 aliphatic rings. The predicted octanol–water partition coefficient (Wildman–Crippen LogP) is 0.944. The van der Waals surface area contributed by atoms with Gasteiger partial charge in [-0.05, 0) is 37.1 Å². The van der Waals surface area contributed by atoms with Gasteiger partial charge in [-0.3, -0.25) is 9.59 Å². The highest BCUT2D eigenvalue weighted by Crippen LogP contribution is 2.03. The van der Waals surface area contributed by atoms with E-state index in [9.17, 15) is 9.59 Å². The van der Waals surface area contributed by atoms with Crippen molar-refractivity contribution in [2.24, 2.45) is 5.73 Å².